The number of benzene rings is 1. The summed E-state index contributed by atoms with van der Waals surface area (Å²) in [5, 5.41) is 2.90. The Morgan fingerprint density at radius 3 is 2.44 bits per heavy atom. The maximum absolute atomic E-state index is 12.2. The lowest BCUT2D eigenvalue weighted by Gasteiger charge is -2.26. The summed E-state index contributed by atoms with van der Waals surface area (Å²) in [6.07, 6.45) is 4.42. The highest BCUT2D eigenvalue weighted by molar-refractivity contribution is 6.20. The minimum Gasteiger partial charge on any atom is -0.452 e. The van der Waals surface area contributed by atoms with Crippen molar-refractivity contribution in [2.75, 3.05) is 11.5 Å². The lowest BCUT2D eigenvalue weighted by molar-refractivity contribution is -0.125. The van der Waals surface area contributed by atoms with E-state index in [1.165, 1.54) is 12.1 Å². The minimum absolute atomic E-state index is 0.142. The van der Waals surface area contributed by atoms with E-state index >= 15 is 0 Å². The molecule has 27 heavy (non-hydrogen) atoms. The Kier molecular flexibility index (Phi) is 5.88. The van der Waals surface area contributed by atoms with E-state index in [0.29, 0.717) is 11.6 Å². The van der Waals surface area contributed by atoms with Gasteiger partial charge in [0.05, 0.1) is 11.3 Å². The molecule has 1 aromatic carbocycles. The molecule has 144 valence electrons. The van der Waals surface area contributed by atoms with Crippen LogP contribution in [-0.4, -0.2) is 36.3 Å². The summed E-state index contributed by atoms with van der Waals surface area (Å²) in [4.78, 5) is 49.0. The molecular weight excluding hydrogens is 348 g/mol. The zero-order valence-electron chi connectivity index (χ0n) is 15.4. The summed E-state index contributed by atoms with van der Waals surface area (Å²) in [7, 11) is 0. The van der Waals surface area contributed by atoms with Gasteiger partial charge in [0.25, 0.3) is 5.91 Å². The van der Waals surface area contributed by atoms with Gasteiger partial charge in [-0.3, -0.25) is 19.3 Å². The van der Waals surface area contributed by atoms with Gasteiger partial charge in [-0.2, -0.15) is 0 Å². The van der Waals surface area contributed by atoms with Crippen LogP contribution >= 0.6 is 0 Å². The highest BCUT2D eigenvalue weighted by Crippen LogP contribution is 2.24. The van der Waals surface area contributed by atoms with E-state index < -0.39 is 5.97 Å². The van der Waals surface area contributed by atoms with Gasteiger partial charge in [-0.25, -0.2) is 4.79 Å². The number of ether oxygens (including phenoxy) is 1. The minimum atomic E-state index is -0.664. The standard InChI is InChI=1S/C20H24N2O5/c1-13-5-7-15(8-6-13)21-17(23)12-27-20(26)14-3-2-4-16(11-14)22-18(24)9-10-19(22)25/h2-4,11,13,15H,5-10,12H2,1H3,(H,21,23). The molecule has 0 spiro atoms. The van der Waals surface area contributed by atoms with Gasteiger partial charge in [-0.1, -0.05) is 13.0 Å². The first kappa shape index (κ1) is 19.1. The normalized spacial score (nSPS) is 22.6. The Morgan fingerprint density at radius 1 is 1.11 bits per heavy atom. The zero-order valence-corrected chi connectivity index (χ0v) is 15.4. The highest BCUT2D eigenvalue weighted by atomic mass is 16.5. The smallest absolute Gasteiger partial charge is 0.338 e. The molecule has 2 fully saturated rings. The van der Waals surface area contributed by atoms with Crippen molar-refractivity contribution in [1.29, 1.82) is 0 Å². The Labute approximate surface area is 158 Å². The Hall–Kier alpha value is -2.70. The number of carbonyl (C=O) groups is 4. The van der Waals surface area contributed by atoms with E-state index in [9.17, 15) is 19.2 Å². The molecule has 2 aliphatic rings. The predicted molar refractivity (Wildman–Crippen MR) is 98.0 cm³/mol. The van der Waals surface area contributed by atoms with Crippen LogP contribution in [-0.2, 0) is 19.1 Å². The van der Waals surface area contributed by atoms with Gasteiger partial charge in [0.1, 0.15) is 0 Å². The lowest BCUT2D eigenvalue weighted by Crippen LogP contribution is -2.39. The fourth-order valence-electron chi connectivity index (χ4n) is 3.52. The largest absolute Gasteiger partial charge is 0.452 e. The summed E-state index contributed by atoms with van der Waals surface area (Å²) < 4.78 is 5.08. The molecule has 1 aliphatic carbocycles. The first-order chi connectivity index (χ1) is 12.9. The number of anilines is 1. The second-order valence-corrected chi connectivity index (χ2v) is 7.27. The number of imide groups is 1. The van der Waals surface area contributed by atoms with Crippen molar-refractivity contribution < 1.29 is 23.9 Å². The number of carbonyl (C=O) groups excluding carboxylic acids is 4. The fourth-order valence-corrected chi connectivity index (χ4v) is 3.52. The van der Waals surface area contributed by atoms with E-state index in [0.717, 1.165) is 30.6 Å². The molecule has 0 bridgehead atoms. The van der Waals surface area contributed by atoms with E-state index in [1.807, 2.05) is 0 Å². The number of amides is 3. The number of rotatable bonds is 5. The van der Waals surface area contributed by atoms with Gasteiger partial charge in [0.2, 0.25) is 11.8 Å². The third kappa shape index (κ3) is 4.72. The molecule has 1 aromatic rings. The van der Waals surface area contributed by atoms with Crippen molar-refractivity contribution >= 4 is 29.4 Å². The topological polar surface area (TPSA) is 92.8 Å². The van der Waals surface area contributed by atoms with Gasteiger partial charge < -0.3 is 10.1 Å². The SMILES string of the molecule is CC1CCC(NC(=O)COC(=O)c2cccc(N3C(=O)CCC3=O)c2)CC1. The summed E-state index contributed by atoms with van der Waals surface area (Å²) in [6, 6.07) is 6.27. The number of hydrogen-bond acceptors (Lipinski definition) is 5. The van der Waals surface area contributed by atoms with E-state index in [1.54, 1.807) is 12.1 Å². The maximum Gasteiger partial charge on any atom is 0.338 e. The molecule has 7 nitrogen and oxygen atoms in total. The summed E-state index contributed by atoms with van der Waals surface area (Å²) in [5.41, 5.74) is 0.539. The molecule has 1 saturated carbocycles. The molecule has 0 unspecified atom stereocenters. The average molecular weight is 372 g/mol. The highest BCUT2D eigenvalue weighted by Gasteiger charge is 2.30. The molecule has 7 heteroatoms. The Morgan fingerprint density at radius 2 is 1.78 bits per heavy atom. The van der Waals surface area contributed by atoms with Crippen molar-refractivity contribution in [3.05, 3.63) is 29.8 Å². The maximum atomic E-state index is 12.2. The summed E-state index contributed by atoms with van der Waals surface area (Å²) >= 11 is 0. The van der Waals surface area contributed by atoms with E-state index in [-0.39, 0.29) is 48.8 Å². The first-order valence-electron chi connectivity index (χ1n) is 9.36. The molecule has 0 radical (unpaired) electrons. The molecule has 1 heterocycles. The molecule has 1 aliphatic heterocycles. The van der Waals surface area contributed by atoms with Gasteiger partial charge in [0, 0.05) is 18.9 Å². The van der Waals surface area contributed by atoms with Crippen molar-refractivity contribution in [2.45, 2.75) is 51.5 Å². The van der Waals surface area contributed by atoms with Crippen LogP contribution in [0, 0.1) is 5.92 Å². The van der Waals surface area contributed by atoms with Crippen LogP contribution in [0.15, 0.2) is 24.3 Å². The molecule has 1 saturated heterocycles. The van der Waals surface area contributed by atoms with Crippen LogP contribution in [0.25, 0.3) is 0 Å². The predicted octanol–water partition coefficient (Wildman–Crippen LogP) is 2.19. The summed E-state index contributed by atoms with van der Waals surface area (Å²) in [5.74, 6) is -0.858. The molecule has 0 atom stereocenters. The first-order valence-corrected chi connectivity index (χ1v) is 9.36. The van der Waals surface area contributed by atoms with Crippen molar-refractivity contribution in [3.8, 4) is 0 Å². The van der Waals surface area contributed by atoms with Crippen LogP contribution in [0.3, 0.4) is 0 Å². The second-order valence-electron chi connectivity index (χ2n) is 7.27. The molecular formula is C20H24N2O5. The third-order valence-electron chi connectivity index (χ3n) is 5.11. The van der Waals surface area contributed by atoms with Gasteiger partial charge in [-0.05, 0) is 49.8 Å². The van der Waals surface area contributed by atoms with Crippen molar-refractivity contribution in [2.24, 2.45) is 5.92 Å². The van der Waals surface area contributed by atoms with Crippen molar-refractivity contribution in [3.63, 3.8) is 0 Å². The van der Waals surface area contributed by atoms with Gasteiger partial charge >= 0.3 is 5.97 Å². The van der Waals surface area contributed by atoms with Gasteiger partial charge in [-0.15, -0.1) is 0 Å². The Balaban J connectivity index is 1.54. The third-order valence-corrected chi connectivity index (χ3v) is 5.11. The number of esters is 1. The number of nitrogens with zero attached hydrogens (tertiary/aromatic N) is 1. The fraction of sp³-hybridized carbons (Fsp3) is 0.500. The number of hydrogen-bond donors (Lipinski definition) is 1. The molecule has 0 aromatic heterocycles. The average Bonchev–Trinajstić information content (AvgIpc) is 3.00. The van der Waals surface area contributed by atoms with Gasteiger partial charge in [0.15, 0.2) is 6.61 Å². The van der Waals surface area contributed by atoms with Crippen molar-refractivity contribution in [1.82, 2.24) is 5.32 Å². The van der Waals surface area contributed by atoms with Crippen LogP contribution in [0.1, 0.15) is 55.8 Å². The van der Waals surface area contributed by atoms with Crippen LogP contribution in [0.4, 0.5) is 5.69 Å². The number of nitrogens with one attached hydrogen (secondary N) is 1. The molecule has 1 N–H and O–H groups in total. The second kappa shape index (κ2) is 8.33. The van der Waals surface area contributed by atoms with E-state index in [2.05, 4.69) is 12.2 Å². The zero-order chi connectivity index (χ0) is 19.4. The molecule has 3 amide bonds. The molecule has 3 rings (SSSR count). The Bertz CT molecular complexity index is 736. The lowest BCUT2D eigenvalue weighted by atomic mass is 9.87. The van der Waals surface area contributed by atoms with Crippen LogP contribution in [0.5, 0.6) is 0 Å². The van der Waals surface area contributed by atoms with Crippen LogP contribution < -0.4 is 10.2 Å². The van der Waals surface area contributed by atoms with E-state index in [4.69, 9.17) is 4.74 Å². The summed E-state index contributed by atoms with van der Waals surface area (Å²) in [6.45, 7) is 1.86. The van der Waals surface area contributed by atoms with Crippen LogP contribution in [0.2, 0.25) is 0 Å². The quantitative estimate of drug-likeness (QED) is 0.632. The monoisotopic (exact) mass is 372 g/mol.